The standard InChI is InChI=1S/C20H17N7O4S/c1-3-30-12-6-4-11(5-7-12)24-15(28)10-32-19-14(9-22)16(13(8-21)18(23)25-19)17-20(29)31-26-27(17)2/h4-7H,3,10H2,1-2H3,(H3-,23,24,25,26,28,29)/p+1. The molecule has 0 bridgehead atoms. The van der Waals surface area contributed by atoms with Crippen LogP contribution in [0.25, 0.3) is 11.3 Å². The zero-order valence-electron chi connectivity index (χ0n) is 17.1. The van der Waals surface area contributed by atoms with E-state index in [0.29, 0.717) is 18.0 Å². The topological polar surface area (TPSA) is 175 Å². The lowest BCUT2D eigenvalue weighted by Crippen LogP contribution is -2.34. The monoisotopic (exact) mass is 452 g/mol. The summed E-state index contributed by atoms with van der Waals surface area (Å²) in [5, 5.41) is 24.4. The molecule has 32 heavy (non-hydrogen) atoms. The number of hydrogen-bond donors (Lipinski definition) is 3. The summed E-state index contributed by atoms with van der Waals surface area (Å²) in [5.41, 5.74) is 5.44. The number of hydrogen-bond acceptors (Lipinski definition) is 9. The molecule has 0 atom stereocenters. The molecular weight excluding hydrogens is 434 g/mol. The van der Waals surface area contributed by atoms with E-state index in [1.807, 2.05) is 19.1 Å². The third-order valence-electron chi connectivity index (χ3n) is 4.25. The summed E-state index contributed by atoms with van der Waals surface area (Å²) in [4.78, 5) is 28.7. The van der Waals surface area contributed by atoms with Crippen molar-refractivity contribution in [3.05, 3.63) is 45.8 Å². The highest BCUT2D eigenvalue weighted by molar-refractivity contribution is 8.00. The van der Waals surface area contributed by atoms with Crippen molar-refractivity contribution in [2.45, 2.75) is 11.9 Å². The Morgan fingerprint density at radius 3 is 2.56 bits per heavy atom. The number of nitrogens with one attached hydrogen (secondary N) is 2. The summed E-state index contributed by atoms with van der Waals surface area (Å²) in [6.07, 6.45) is 0. The number of aromatic amines is 1. The summed E-state index contributed by atoms with van der Waals surface area (Å²) in [6.45, 7) is 2.41. The zero-order chi connectivity index (χ0) is 23.3. The molecule has 0 saturated heterocycles. The number of amides is 1. The van der Waals surface area contributed by atoms with Crippen molar-refractivity contribution < 1.29 is 18.7 Å². The molecule has 0 radical (unpaired) electrons. The Hall–Kier alpha value is -4.29. The lowest BCUT2D eigenvalue weighted by atomic mass is 10.0. The van der Waals surface area contributed by atoms with Crippen molar-refractivity contribution in [1.29, 1.82) is 10.5 Å². The van der Waals surface area contributed by atoms with Crippen molar-refractivity contribution in [1.82, 2.24) is 10.3 Å². The van der Waals surface area contributed by atoms with E-state index in [0.717, 1.165) is 11.8 Å². The minimum absolute atomic E-state index is 0.00517. The number of carbonyl (C=O) groups excluding carboxylic acids is 1. The van der Waals surface area contributed by atoms with Crippen molar-refractivity contribution >= 4 is 29.2 Å². The van der Waals surface area contributed by atoms with Crippen LogP contribution in [0.1, 0.15) is 18.1 Å². The lowest BCUT2D eigenvalue weighted by molar-refractivity contribution is -0.730. The number of aromatic nitrogens is 3. The van der Waals surface area contributed by atoms with Gasteiger partial charge in [-0.1, -0.05) is 16.4 Å². The Balaban J connectivity index is 1.87. The van der Waals surface area contributed by atoms with E-state index in [1.54, 1.807) is 24.3 Å². The van der Waals surface area contributed by atoms with E-state index < -0.39 is 5.63 Å². The van der Waals surface area contributed by atoms with Gasteiger partial charge in [-0.2, -0.15) is 10.5 Å². The molecule has 12 heteroatoms. The summed E-state index contributed by atoms with van der Waals surface area (Å²) < 4.78 is 11.3. The first kappa shape index (κ1) is 22.4. The average molecular weight is 452 g/mol. The Labute approximate surface area is 186 Å². The number of nitriles is 2. The van der Waals surface area contributed by atoms with Gasteiger partial charge < -0.3 is 15.8 Å². The summed E-state index contributed by atoms with van der Waals surface area (Å²) in [7, 11) is 1.48. The molecule has 1 amide bonds. The average Bonchev–Trinajstić information content (AvgIpc) is 3.11. The fourth-order valence-electron chi connectivity index (χ4n) is 2.88. The number of nitrogens with zero attached hydrogens (tertiary/aromatic N) is 4. The van der Waals surface area contributed by atoms with Gasteiger partial charge in [0.15, 0.2) is 7.05 Å². The van der Waals surface area contributed by atoms with Gasteiger partial charge >= 0.3 is 11.3 Å². The molecule has 0 aliphatic carbocycles. The Bertz CT molecular complexity index is 1300. The van der Waals surface area contributed by atoms with Crippen molar-refractivity contribution in [3.63, 3.8) is 0 Å². The molecule has 0 spiro atoms. The maximum absolute atomic E-state index is 12.4. The third-order valence-corrected chi connectivity index (χ3v) is 5.22. The summed E-state index contributed by atoms with van der Waals surface area (Å²) in [6, 6.07) is 10.7. The Morgan fingerprint density at radius 1 is 1.31 bits per heavy atom. The molecule has 0 aliphatic heterocycles. The zero-order valence-corrected chi connectivity index (χ0v) is 17.9. The number of anilines is 2. The van der Waals surface area contributed by atoms with Crippen molar-refractivity contribution in [3.8, 4) is 29.1 Å². The maximum Gasteiger partial charge on any atom is 0.435 e. The second-order valence-corrected chi connectivity index (χ2v) is 7.30. The molecule has 0 aliphatic rings. The fraction of sp³-hybridized carbons (Fsp3) is 0.200. The number of rotatable bonds is 7. The third kappa shape index (κ3) is 4.55. The highest BCUT2D eigenvalue weighted by atomic mass is 32.2. The van der Waals surface area contributed by atoms with Crippen LogP contribution in [0.4, 0.5) is 11.5 Å². The number of carbonyl (C=O) groups is 1. The van der Waals surface area contributed by atoms with Crippen LogP contribution in [0, 0.1) is 22.7 Å². The molecule has 11 nitrogen and oxygen atoms in total. The SMILES string of the molecule is CCOc1ccc(NC(=O)CSc2nc(N)c(C#N)c(-c3c(=O)o[nH][n+]3C)c2C#N)cc1. The number of H-pyrrole nitrogens is 1. The van der Waals surface area contributed by atoms with Gasteiger partial charge in [0, 0.05) is 5.69 Å². The number of pyridine rings is 1. The van der Waals surface area contributed by atoms with Crippen LogP contribution in [0.15, 0.2) is 38.6 Å². The highest BCUT2D eigenvalue weighted by Crippen LogP contribution is 2.33. The van der Waals surface area contributed by atoms with Gasteiger partial charge in [-0.3, -0.25) is 9.32 Å². The van der Waals surface area contributed by atoms with E-state index in [4.69, 9.17) is 15.0 Å². The molecule has 2 heterocycles. The molecule has 3 rings (SSSR count). The Kier molecular flexibility index (Phi) is 6.77. The van der Waals surface area contributed by atoms with Gasteiger partial charge in [-0.25, -0.2) is 9.78 Å². The molecule has 4 N–H and O–H groups in total. The van der Waals surface area contributed by atoms with Crippen LogP contribution in [-0.4, -0.2) is 28.5 Å². The lowest BCUT2D eigenvalue weighted by Gasteiger charge is -2.10. The number of nitrogens with two attached hydrogens (primary N) is 1. The first-order chi connectivity index (χ1) is 15.4. The maximum atomic E-state index is 12.4. The van der Waals surface area contributed by atoms with Crippen molar-refractivity contribution in [2.24, 2.45) is 7.05 Å². The minimum atomic E-state index is -0.782. The van der Waals surface area contributed by atoms with E-state index >= 15 is 0 Å². The molecule has 1 aromatic carbocycles. The minimum Gasteiger partial charge on any atom is -0.494 e. The van der Waals surface area contributed by atoms with Gasteiger partial charge in [-0.05, 0) is 36.5 Å². The summed E-state index contributed by atoms with van der Waals surface area (Å²) >= 11 is 0.955. The van der Waals surface area contributed by atoms with Crippen molar-refractivity contribution in [2.75, 3.05) is 23.4 Å². The molecule has 0 unspecified atom stereocenters. The number of benzene rings is 1. The predicted octanol–water partition coefficient (Wildman–Crippen LogP) is 1.31. The summed E-state index contributed by atoms with van der Waals surface area (Å²) in [5.74, 6) is 0.0800. The number of aryl methyl sites for hydroxylation is 1. The van der Waals surface area contributed by atoms with E-state index in [9.17, 15) is 20.1 Å². The number of ether oxygens (including phenoxy) is 1. The van der Waals surface area contributed by atoms with Gasteiger partial charge in [0.2, 0.25) is 5.91 Å². The van der Waals surface area contributed by atoms with Crippen LogP contribution in [0.2, 0.25) is 0 Å². The van der Waals surface area contributed by atoms with Gasteiger partial charge in [0.1, 0.15) is 39.9 Å². The van der Waals surface area contributed by atoms with E-state index in [-0.39, 0.29) is 44.9 Å². The predicted molar refractivity (Wildman–Crippen MR) is 115 cm³/mol. The first-order valence-electron chi connectivity index (χ1n) is 9.26. The highest BCUT2D eigenvalue weighted by Gasteiger charge is 2.31. The van der Waals surface area contributed by atoms with Gasteiger partial charge in [0.05, 0.1) is 17.9 Å². The Morgan fingerprint density at radius 2 is 2.00 bits per heavy atom. The largest absolute Gasteiger partial charge is 0.494 e. The van der Waals surface area contributed by atoms with Gasteiger partial charge in [0.25, 0.3) is 0 Å². The van der Waals surface area contributed by atoms with Crippen LogP contribution >= 0.6 is 11.8 Å². The number of nitrogen functional groups attached to an aromatic ring is 1. The quantitative estimate of drug-likeness (QED) is 0.352. The molecule has 162 valence electrons. The van der Waals surface area contributed by atoms with E-state index in [1.165, 1.54) is 11.7 Å². The second-order valence-electron chi connectivity index (χ2n) is 6.33. The van der Waals surface area contributed by atoms with Gasteiger partial charge in [-0.15, -0.1) is 0 Å². The number of thioether (sulfide) groups is 1. The molecule has 2 aromatic heterocycles. The normalized spacial score (nSPS) is 10.2. The van der Waals surface area contributed by atoms with Crippen LogP contribution in [-0.2, 0) is 11.8 Å². The molecule has 0 saturated carbocycles. The fourth-order valence-corrected chi connectivity index (χ4v) is 3.68. The molecular formula is C20H18N7O4S+. The van der Waals surface area contributed by atoms with Crippen LogP contribution in [0.5, 0.6) is 5.75 Å². The van der Waals surface area contributed by atoms with Crippen LogP contribution in [0.3, 0.4) is 0 Å². The molecule has 3 aromatic rings. The second kappa shape index (κ2) is 9.68. The van der Waals surface area contributed by atoms with E-state index in [2.05, 4.69) is 15.6 Å². The molecule has 0 fully saturated rings. The smallest absolute Gasteiger partial charge is 0.435 e. The first-order valence-corrected chi connectivity index (χ1v) is 10.2. The van der Waals surface area contributed by atoms with Crippen LogP contribution < -0.4 is 26.1 Å².